The lowest BCUT2D eigenvalue weighted by molar-refractivity contribution is 0.0796. The van der Waals surface area contributed by atoms with Gasteiger partial charge in [0, 0.05) is 0 Å². The number of nitrogens with one attached hydrogen (secondary N) is 1. The molecule has 13 heavy (non-hydrogen) atoms. The van der Waals surface area contributed by atoms with Gasteiger partial charge < -0.3 is 10.2 Å². The lowest BCUT2D eigenvalue weighted by atomic mass is 10.4. The highest BCUT2D eigenvalue weighted by atomic mass is 16.3. The first-order valence-corrected chi connectivity index (χ1v) is 3.51. The molecule has 0 saturated carbocycles. The maximum absolute atomic E-state index is 11.0. The molecule has 1 aromatic heterocycles. The Morgan fingerprint density at radius 3 is 2.92 bits per heavy atom. The van der Waals surface area contributed by atoms with E-state index in [4.69, 9.17) is 10.2 Å². The lowest BCUT2D eigenvalue weighted by Gasteiger charge is -2.06. The van der Waals surface area contributed by atoms with Crippen molar-refractivity contribution in [1.82, 2.24) is 14.8 Å². The number of H-pyrrole nitrogens is 1. The van der Waals surface area contributed by atoms with Crippen LogP contribution in [-0.4, -0.2) is 37.7 Å². The maximum Gasteiger partial charge on any atom is 0.330 e. The number of rotatable bonds is 3. The van der Waals surface area contributed by atoms with Crippen molar-refractivity contribution in [3.8, 4) is 0 Å². The van der Waals surface area contributed by atoms with Gasteiger partial charge in [0.1, 0.15) is 0 Å². The Kier molecular flexibility index (Phi) is 2.93. The van der Waals surface area contributed by atoms with E-state index in [1.54, 1.807) is 0 Å². The van der Waals surface area contributed by atoms with E-state index in [1.807, 2.05) is 5.10 Å². The molecule has 1 atom stereocenters. The number of aliphatic hydroxyl groups excluding tert-OH is 2. The highest BCUT2D eigenvalue weighted by molar-refractivity contribution is 4.74. The largest absolute Gasteiger partial charge is 0.394 e. The summed E-state index contributed by atoms with van der Waals surface area (Å²) in [4.78, 5) is 21.7. The molecule has 1 unspecified atom stereocenters. The van der Waals surface area contributed by atoms with Gasteiger partial charge in [0.2, 0.25) is 6.33 Å². The van der Waals surface area contributed by atoms with Crippen molar-refractivity contribution < 1.29 is 10.2 Å². The van der Waals surface area contributed by atoms with E-state index < -0.39 is 23.8 Å². The van der Waals surface area contributed by atoms with Crippen molar-refractivity contribution in [3.05, 3.63) is 27.0 Å². The summed E-state index contributed by atoms with van der Waals surface area (Å²) in [5.74, 6) is 0. The van der Waals surface area contributed by atoms with Crippen molar-refractivity contribution in [3.63, 3.8) is 0 Å². The van der Waals surface area contributed by atoms with E-state index in [1.165, 1.54) is 0 Å². The van der Waals surface area contributed by atoms with Crippen molar-refractivity contribution in [2.75, 3.05) is 6.61 Å². The zero-order valence-electron chi connectivity index (χ0n) is 6.60. The molecule has 0 saturated heterocycles. The fourth-order valence-electron chi connectivity index (χ4n) is 0.744. The van der Waals surface area contributed by atoms with Gasteiger partial charge in [-0.15, -0.1) is 0 Å². The van der Waals surface area contributed by atoms with Crippen molar-refractivity contribution >= 4 is 0 Å². The molecule has 7 heteroatoms. The summed E-state index contributed by atoms with van der Waals surface area (Å²) in [7, 11) is 0. The van der Waals surface area contributed by atoms with Crippen LogP contribution in [0.2, 0.25) is 0 Å². The molecule has 0 aromatic carbocycles. The van der Waals surface area contributed by atoms with Crippen LogP contribution in [0, 0.1) is 6.33 Å². The third-order valence-electron chi connectivity index (χ3n) is 1.37. The Labute approximate surface area is 72.3 Å². The highest BCUT2D eigenvalue weighted by Gasteiger charge is 2.06. The summed E-state index contributed by atoms with van der Waals surface area (Å²) >= 11 is 0. The van der Waals surface area contributed by atoms with Crippen LogP contribution in [0.4, 0.5) is 0 Å². The average molecular weight is 186 g/mol. The van der Waals surface area contributed by atoms with Crippen LogP contribution >= 0.6 is 0 Å². The van der Waals surface area contributed by atoms with E-state index >= 15 is 0 Å². The van der Waals surface area contributed by atoms with Crippen LogP contribution in [0.25, 0.3) is 0 Å². The van der Waals surface area contributed by atoms with Crippen LogP contribution in [0.15, 0.2) is 9.59 Å². The second-order valence-corrected chi connectivity index (χ2v) is 2.40. The standard InChI is InChI=1S/C6H8N3O4/c10-2-4(11)1-9-3-7-8-5(12)6(9)13/h4,10-11H,1-2H2,(H,8,12). The molecule has 3 N–H and O–H groups in total. The molecule has 0 fully saturated rings. The molecule has 7 nitrogen and oxygen atoms in total. The van der Waals surface area contributed by atoms with Crippen LogP contribution in [0.1, 0.15) is 0 Å². The normalized spacial score (nSPS) is 12.8. The summed E-state index contributed by atoms with van der Waals surface area (Å²) < 4.78 is 0.805. The van der Waals surface area contributed by atoms with Gasteiger partial charge in [0.05, 0.1) is 19.3 Å². The number of aliphatic hydroxyl groups is 2. The Bertz CT molecular complexity index is 382. The lowest BCUT2D eigenvalue weighted by Crippen LogP contribution is -2.39. The van der Waals surface area contributed by atoms with Gasteiger partial charge in [0.15, 0.2) is 0 Å². The summed E-state index contributed by atoms with van der Waals surface area (Å²) in [6.45, 7) is -0.695. The summed E-state index contributed by atoms with van der Waals surface area (Å²) in [5.41, 5.74) is -1.74. The van der Waals surface area contributed by atoms with E-state index in [0.29, 0.717) is 0 Å². The topological polar surface area (TPSA) is 108 Å². The molecule has 1 heterocycles. The molecular weight excluding hydrogens is 178 g/mol. The van der Waals surface area contributed by atoms with Crippen LogP contribution in [0.5, 0.6) is 0 Å². The Morgan fingerprint density at radius 2 is 2.31 bits per heavy atom. The van der Waals surface area contributed by atoms with Crippen LogP contribution in [-0.2, 0) is 6.54 Å². The zero-order chi connectivity index (χ0) is 9.84. The first kappa shape index (κ1) is 9.62. The molecule has 0 spiro atoms. The van der Waals surface area contributed by atoms with Gasteiger partial charge in [0.25, 0.3) is 0 Å². The van der Waals surface area contributed by atoms with Crippen molar-refractivity contribution in [2.24, 2.45) is 0 Å². The summed E-state index contributed by atoms with van der Waals surface area (Å²) in [6, 6.07) is 0. The van der Waals surface area contributed by atoms with Crippen LogP contribution < -0.4 is 11.1 Å². The van der Waals surface area contributed by atoms with Gasteiger partial charge in [-0.3, -0.25) is 14.2 Å². The molecule has 71 valence electrons. The van der Waals surface area contributed by atoms with E-state index in [2.05, 4.69) is 11.4 Å². The maximum atomic E-state index is 11.0. The average Bonchev–Trinajstić information content (AvgIpc) is 2.13. The summed E-state index contributed by atoms with van der Waals surface area (Å²) in [5, 5.41) is 22.6. The summed E-state index contributed by atoms with van der Waals surface area (Å²) in [6.07, 6.45) is 1.07. The van der Waals surface area contributed by atoms with Gasteiger partial charge in [-0.2, -0.15) is 5.10 Å². The number of hydrogen-bond acceptors (Lipinski definition) is 5. The van der Waals surface area contributed by atoms with Crippen LogP contribution in [0.3, 0.4) is 0 Å². The molecule has 0 amide bonds. The van der Waals surface area contributed by atoms with E-state index in [0.717, 1.165) is 4.57 Å². The predicted molar refractivity (Wildman–Crippen MR) is 41.0 cm³/mol. The minimum absolute atomic E-state index is 0.202. The predicted octanol–water partition coefficient (Wildman–Crippen LogP) is -2.92. The molecule has 0 aliphatic carbocycles. The minimum atomic E-state index is -1.10. The SMILES string of the molecule is O=c1[nH]n[c]n(CC(O)CO)c1=O. The third kappa shape index (κ3) is 2.23. The van der Waals surface area contributed by atoms with Crippen molar-refractivity contribution in [1.29, 1.82) is 0 Å². The Hall–Kier alpha value is -1.47. The molecule has 0 bridgehead atoms. The Morgan fingerprint density at radius 1 is 1.62 bits per heavy atom. The van der Waals surface area contributed by atoms with E-state index in [-0.39, 0.29) is 6.54 Å². The quantitative estimate of drug-likeness (QED) is 0.438. The number of hydrogen-bond donors (Lipinski definition) is 3. The zero-order valence-corrected chi connectivity index (χ0v) is 6.60. The molecule has 1 radical (unpaired) electrons. The Balaban J connectivity index is 2.96. The number of aromatic amines is 1. The van der Waals surface area contributed by atoms with Crippen molar-refractivity contribution in [2.45, 2.75) is 12.6 Å². The number of nitrogens with zero attached hydrogens (tertiary/aromatic N) is 2. The second kappa shape index (κ2) is 3.97. The molecule has 0 aliphatic rings. The number of aromatic nitrogens is 3. The van der Waals surface area contributed by atoms with Gasteiger partial charge >= 0.3 is 11.1 Å². The third-order valence-corrected chi connectivity index (χ3v) is 1.37. The fraction of sp³-hybridized carbons (Fsp3) is 0.500. The first-order valence-electron chi connectivity index (χ1n) is 3.51. The highest BCUT2D eigenvalue weighted by Crippen LogP contribution is 1.83. The smallest absolute Gasteiger partial charge is 0.330 e. The van der Waals surface area contributed by atoms with Gasteiger partial charge in [-0.05, 0) is 0 Å². The fourth-order valence-corrected chi connectivity index (χ4v) is 0.744. The van der Waals surface area contributed by atoms with Gasteiger partial charge in [-0.25, -0.2) is 5.10 Å². The van der Waals surface area contributed by atoms with E-state index in [9.17, 15) is 9.59 Å². The second-order valence-electron chi connectivity index (χ2n) is 2.40. The van der Waals surface area contributed by atoms with Gasteiger partial charge in [-0.1, -0.05) is 0 Å². The molecular formula is C6H8N3O4. The molecule has 0 aliphatic heterocycles. The minimum Gasteiger partial charge on any atom is -0.394 e. The molecule has 1 rings (SSSR count). The monoisotopic (exact) mass is 186 g/mol. The molecule has 1 aromatic rings. The first-order chi connectivity index (χ1) is 6.15.